The molecule has 1 aliphatic rings. The highest BCUT2D eigenvalue weighted by molar-refractivity contribution is 9.10. The molecule has 0 bridgehead atoms. The number of nitrogens with zero attached hydrogens (tertiary/aromatic N) is 1. The van der Waals surface area contributed by atoms with Crippen molar-refractivity contribution in [1.82, 2.24) is 9.62 Å². The SMILES string of the molecule is CNCC1CCN(S(=O)(=O)c2cc(F)ccc2Br)CC1.Cl. The van der Waals surface area contributed by atoms with Crippen LogP contribution in [0, 0.1) is 11.7 Å². The zero-order valence-electron chi connectivity index (χ0n) is 11.7. The van der Waals surface area contributed by atoms with Gasteiger partial charge in [0.25, 0.3) is 0 Å². The van der Waals surface area contributed by atoms with Gasteiger partial charge in [0, 0.05) is 17.6 Å². The Kier molecular flexibility index (Phi) is 7.06. The van der Waals surface area contributed by atoms with Gasteiger partial charge in [0.1, 0.15) is 5.82 Å². The molecule has 0 aromatic heterocycles. The fourth-order valence-corrected chi connectivity index (χ4v) is 4.86. The maximum Gasteiger partial charge on any atom is 0.244 e. The van der Waals surface area contributed by atoms with Crippen LogP contribution in [-0.2, 0) is 10.0 Å². The summed E-state index contributed by atoms with van der Waals surface area (Å²) >= 11 is 3.19. The van der Waals surface area contributed by atoms with Gasteiger partial charge in [-0.15, -0.1) is 12.4 Å². The Labute approximate surface area is 139 Å². The van der Waals surface area contributed by atoms with Gasteiger partial charge >= 0.3 is 0 Å². The van der Waals surface area contributed by atoms with Gasteiger partial charge in [-0.3, -0.25) is 0 Å². The first-order chi connectivity index (χ1) is 9.45. The van der Waals surface area contributed by atoms with Crippen LogP contribution in [0.2, 0.25) is 0 Å². The quantitative estimate of drug-likeness (QED) is 0.844. The van der Waals surface area contributed by atoms with Crippen molar-refractivity contribution < 1.29 is 12.8 Å². The van der Waals surface area contributed by atoms with Crippen LogP contribution in [0.5, 0.6) is 0 Å². The van der Waals surface area contributed by atoms with Gasteiger partial charge in [-0.1, -0.05) is 0 Å². The normalized spacial score (nSPS) is 17.5. The summed E-state index contributed by atoms with van der Waals surface area (Å²) in [5.41, 5.74) is 0. The van der Waals surface area contributed by atoms with Gasteiger partial charge < -0.3 is 5.32 Å². The van der Waals surface area contributed by atoms with E-state index in [2.05, 4.69) is 21.2 Å². The summed E-state index contributed by atoms with van der Waals surface area (Å²) in [4.78, 5) is 0.00423. The average Bonchev–Trinajstić information content (AvgIpc) is 2.42. The van der Waals surface area contributed by atoms with Gasteiger partial charge in [0.05, 0.1) is 4.90 Å². The summed E-state index contributed by atoms with van der Waals surface area (Å²) < 4.78 is 40.2. The lowest BCUT2D eigenvalue weighted by atomic mass is 9.98. The van der Waals surface area contributed by atoms with E-state index in [9.17, 15) is 12.8 Å². The topological polar surface area (TPSA) is 49.4 Å². The first kappa shape index (κ1) is 18.8. The molecule has 1 aliphatic heterocycles. The first-order valence-corrected chi connectivity index (χ1v) is 8.78. The maximum atomic E-state index is 13.3. The van der Waals surface area contributed by atoms with Crippen LogP contribution in [0.3, 0.4) is 0 Å². The molecule has 2 rings (SSSR count). The molecule has 120 valence electrons. The highest BCUT2D eigenvalue weighted by Gasteiger charge is 2.30. The summed E-state index contributed by atoms with van der Waals surface area (Å²) in [5, 5.41) is 3.11. The third kappa shape index (κ3) is 4.39. The zero-order chi connectivity index (χ0) is 14.8. The third-order valence-corrected chi connectivity index (χ3v) is 6.47. The molecular formula is C13H19BrClFN2O2S. The second kappa shape index (κ2) is 7.87. The van der Waals surface area contributed by atoms with Crippen LogP contribution < -0.4 is 5.32 Å². The van der Waals surface area contributed by atoms with E-state index < -0.39 is 15.8 Å². The fourth-order valence-electron chi connectivity index (χ4n) is 2.46. The van der Waals surface area contributed by atoms with Crippen LogP contribution in [0.25, 0.3) is 0 Å². The van der Waals surface area contributed by atoms with E-state index in [4.69, 9.17) is 0 Å². The number of nitrogens with one attached hydrogen (secondary N) is 1. The molecule has 4 nitrogen and oxygen atoms in total. The molecule has 0 aliphatic carbocycles. The van der Waals surface area contributed by atoms with Crippen LogP contribution in [0.1, 0.15) is 12.8 Å². The van der Waals surface area contributed by atoms with Crippen LogP contribution in [-0.4, -0.2) is 39.4 Å². The standard InChI is InChI=1S/C13H18BrFN2O2S.ClH/c1-16-9-10-4-6-17(7-5-10)20(18,19)13-8-11(15)2-3-12(13)14;/h2-3,8,10,16H,4-7,9H2,1H3;1H. The van der Waals surface area contributed by atoms with Gasteiger partial charge in [-0.05, 0) is 66.5 Å². The number of sulfonamides is 1. The lowest BCUT2D eigenvalue weighted by molar-refractivity contribution is 0.270. The average molecular weight is 402 g/mol. The van der Waals surface area contributed by atoms with Gasteiger partial charge in [-0.2, -0.15) is 4.31 Å². The molecular weight excluding hydrogens is 383 g/mol. The Hall–Kier alpha value is -0.210. The van der Waals surface area contributed by atoms with Gasteiger partial charge in [-0.25, -0.2) is 12.8 Å². The summed E-state index contributed by atoms with van der Waals surface area (Å²) in [5.74, 6) is -0.0424. The molecule has 0 spiro atoms. The summed E-state index contributed by atoms with van der Waals surface area (Å²) in [7, 11) is -1.73. The minimum atomic E-state index is -3.63. The molecule has 0 saturated carbocycles. The third-order valence-electron chi connectivity index (χ3n) is 3.58. The highest BCUT2D eigenvalue weighted by Crippen LogP contribution is 2.28. The number of hydrogen-bond acceptors (Lipinski definition) is 3. The maximum absolute atomic E-state index is 13.3. The van der Waals surface area contributed by atoms with Crippen molar-refractivity contribution in [3.05, 3.63) is 28.5 Å². The van der Waals surface area contributed by atoms with Crippen LogP contribution >= 0.6 is 28.3 Å². The minimum Gasteiger partial charge on any atom is -0.319 e. The molecule has 1 fully saturated rings. The Morgan fingerprint density at radius 3 is 2.57 bits per heavy atom. The van der Waals surface area contributed by atoms with Crippen molar-refractivity contribution in [3.8, 4) is 0 Å². The second-order valence-electron chi connectivity index (χ2n) is 4.98. The smallest absolute Gasteiger partial charge is 0.244 e. The van der Waals surface area contributed by atoms with Gasteiger partial charge in [0.2, 0.25) is 10.0 Å². The summed E-state index contributed by atoms with van der Waals surface area (Å²) in [6.07, 6.45) is 1.65. The molecule has 0 amide bonds. The molecule has 1 heterocycles. The zero-order valence-corrected chi connectivity index (χ0v) is 14.9. The van der Waals surface area contributed by atoms with Crippen molar-refractivity contribution in [3.63, 3.8) is 0 Å². The van der Waals surface area contributed by atoms with Crippen LogP contribution in [0.4, 0.5) is 4.39 Å². The fraction of sp³-hybridized carbons (Fsp3) is 0.538. The van der Waals surface area contributed by atoms with Crippen LogP contribution in [0.15, 0.2) is 27.6 Å². The van der Waals surface area contributed by atoms with Crippen molar-refractivity contribution in [2.45, 2.75) is 17.7 Å². The number of hydrogen-bond donors (Lipinski definition) is 1. The Morgan fingerprint density at radius 1 is 1.38 bits per heavy atom. The summed E-state index contributed by atoms with van der Waals surface area (Å²) in [6.45, 7) is 1.87. The Balaban J connectivity index is 0.00000220. The molecule has 8 heteroatoms. The molecule has 0 unspecified atom stereocenters. The van der Waals surface area contributed by atoms with E-state index in [-0.39, 0.29) is 17.3 Å². The monoisotopic (exact) mass is 400 g/mol. The molecule has 0 radical (unpaired) electrons. The second-order valence-corrected chi connectivity index (χ2v) is 7.74. The van der Waals surface area contributed by atoms with E-state index in [0.717, 1.165) is 25.5 Å². The van der Waals surface area contributed by atoms with E-state index >= 15 is 0 Å². The number of piperidine rings is 1. The summed E-state index contributed by atoms with van der Waals surface area (Å²) in [6, 6.07) is 3.73. The van der Waals surface area contributed by atoms with E-state index in [1.54, 1.807) is 0 Å². The predicted molar refractivity (Wildman–Crippen MR) is 86.8 cm³/mol. The molecule has 1 aromatic rings. The lowest BCUT2D eigenvalue weighted by Crippen LogP contribution is -2.40. The number of halogens is 3. The number of benzene rings is 1. The highest BCUT2D eigenvalue weighted by atomic mass is 79.9. The largest absolute Gasteiger partial charge is 0.319 e. The van der Waals surface area contributed by atoms with Gasteiger partial charge in [0.15, 0.2) is 0 Å². The molecule has 21 heavy (non-hydrogen) atoms. The minimum absolute atomic E-state index is 0. The molecule has 0 atom stereocenters. The van der Waals surface area contributed by atoms with Crippen molar-refractivity contribution in [2.24, 2.45) is 5.92 Å². The molecule has 1 N–H and O–H groups in total. The Bertz CT molecular complexity index is 578. The van der Waals surface area contributed by atoms with E-state index in [1.165, 1.54) is 16.4 Å². The Morgan fingerprint density at radius 2 is 2.00 bits per heavy atom. The lowest BCUT2D eigenvalue weighted by Gasteiger charge is -2.31. The van der Waals surface area contributed by atoms with Crippen molar-refractivity contribution in [1.29, 1.82) is 0 Å². The van der Waals surface area contributed by atoms with Crippen molar-refractivity contribution in [2.75, 3.05) is 26.7 Å². The van der Waals surface area contributed by atoms with E-state index in [1.807, 2.05) is 7.05 Å². The predicted octanol–water partition coefficient (Wildman–Crippen LogP) is 2.63. The van der Waals surface area contributed by atoms with Crippen molar-refractivity contribution >= 4 is 38.4 Å². The number of rotatable bonds is 4. The van der Waals surface area contributed by atoms with E-state index in [0.29, 0.717) is 23.5 Å². The molecule has 1 saturated heterocycles. The first-order valence-electron chi connectivity index (χ1n) is 6.55. The molecule has 1 aromatic carbocycles.